The lowest BCUT2D eigenvalue weighted by Crippen LogP contribution is -2.60. The largest absolute Gasteiger partial charge is 0.508 e. The molecule has 1 aromatic rings. The van der Waals surface area contributed by atoms with Gasteiger partial charge in [-0.05, 0) is 177 Å². The number of rotatable bonds is 39. The van der Waals surface area contributed by atoms with Gasteiger partial charge in [0.1, 0.15) is 42.0 Å². The fourth-order valence-corrected chi connectivity index (χ4v) is 12.7. The number of amides is 9. The highest BCUT2D eigenvalue weighted by atomic mass is 16.4. The third-order valence-corrected chi connectivity index (χ3v) is 17.8. The lowest BCUT2D eigenvalue weighted by molar-refractivity contribution is -0.142. The molecule has 25 heteroatoms. The van der Waals surface area contributed by atoms with E-state index in [1.54, 1.807) is 12.1 Å². The van der Waals surface area contributed by atoms with Crippen molar-refractivity contribution in [1.29, 1.82) is 0 Å². The maximum Gasteiger partial charge on any atom is 0.326 e. The van der Waals surface area contributed by atoms with Crippen LogP contribution >= 0.6 is 0 Å². The number of aliphatic carboxylic acids is 1. The van der Waals surface area contributed by atoms with Crippen LogP contribution in [0.25, 0.3) is 0 Å². The van der Waals surface area contributed by atoms with Gasteiger partial charge in [0.2, 0.25) is 53.2 Å². The first-order valence-electron chi connectivity index (χ1n) is 34.0. The summed E-state index contributed by atoms with van der Waals surface area (Å²) in [6, 6.07) is -2.78. The topological polar surface area (TPSA) is 424 Å². The molecule has 0 saturated heterocycles. The molecule has 13 atom stereocenters. The molecule has 91 heavy (non-hydrogen) atoms. The maximum atomic E-state index is 14.6. The van der Waals surface area contributed by atoms with E-state index in [1.165, 1.54) is 12.1 Å². The van der Waals surface area contributed by atoms with E-state index >= 15 is 0 Å². The Hall–Kier alpha value is -6.44. The molecule has 9 amide bonds. The summed E-state index contributed by atoms with van der Waals surface area (Å²) in [5.74, 6) is -7.93. The Morgan fingerprint density at radius 2 is 0.725 bits per heavy atom. The zero-order valence-corrected chi connectivity index (χ0v) is 55.1. The summed E-state index contributed by atoms with van der Waals surface area (Å²) in [5, 5.41) is 46.0. The van der Waals surface area contributed by atoms with E-state index in [9.17, 15) is 58.2 Å². The van der Waals surface area contributed by atoms with Crippen molar-refractivity contribution in [3.8, 4) is 5.75 Å². The molecule has 0 aromatic heterocycles. The van der Waals surface area contributed by atoms with E-state index in [0.29, 0.717) is 122 Å². The molecule has 19 N–H and O–H groups in total. The normalized spacial score (nSPS) is 21.5. The number of aromatic hydroxyl groups is 1. The third-order valence-electron chi connectivity index (χ3n) is 17.8. The van der Waals surface area contributed by atoms with Gasteiger partial charge in [0.05, 0.1) is 23.8 Å². The molecule has 3 saturated carbocycles. The lowest BCUT2D eigenvalue weighted by Gasteiger charge is -2.35. The van der Waals surface area contributed by atoms with Crippen molar-refractivity contribution in [2.24, 2.45) is 58.4 Å². The maximum absolute atomic E-state index is 14.6. The number of hydrogen-bond acceptors (Lipinski definition) is 15. The quantitative estimate of drug-likeness (QED) is 0.0421. The molecule has 1 aromatic carbocycles. The van der Waals surface area contributed by atoms with E-state index in [2.05, 4.69) is 47.9 Å². The standard InChI is InChI=1S/C66H113N13O12/c1-39(2)35-54(77-57(81)44-19-7-10-22-48(44)71-60(84)47(70)38-42-28-30-43(80)31-29-42)63(87)74-51(25-13-16-32-67)61(85)72-49-23-11-8-20-45(49)58(82)78-55(36-40(3)4)64(88)75-52(26-14-17-33-68)62(86)73-50-24-12-9-21-46(50)59(83)79-56(37-41(5)6)65(89)76-53(66(90)91)27-15-18-34-69/h28-31,39-41,44-56,80H,7-27,32-38,67-70H2,1-6H3,(H,71,84)(H,72,85)(H,73,86)(H,74,87)(H,75,88)(H,76,89)(H,77,81)(H,78,82)(H,79,83)(H,90,91)/t44?,45?,46?,47-,48?,49?,50?,51-,52-,53-,54-,55-,56-/m0/s1. The van der Waals surface area contributed by atoms with E-state index in [4.69, 9.17) is 22.9 Å². The number of nitrogens with two attached hydrogens (primary N) is 4. The monoisotopic (exact) mass is 1280 g/mol. The van der Waals surface area contributed by atoms with Gasteiger partial charge in [0.15, 0.2) is 0 Å². The number of carboxylic acids is 1. The van der Waals surface area contributed by atoms with Crippen LogP contribution in [-0.4, -0.2) is 149 Å². The Morgan fingerprint density at radius 3 is 1.04 bits per heavy atom. The summed E-state index contributed by atoms with van der Waals surface area (Å²) in [4.78, 5) is 140. The summed E-state index contributed by atoms with van der Waals surface area (Å²) in [6.45, 7) is 12.5. The zero-order chi connectivity index (χ0) is 67.2. The Bertz CT molecular complexity index is 2480. The summed E-state index contributed by atoms with van der Waals surface area (Å²) in [7, 11) is 0. The van der Waals surface area contributed by atoms with Crippen LogP contribution in [0.1, 0.15) is 201 Å². The molecule has 0 heterocycles. The minimum Gasteiger partial charge on any atom is -0.508 e. The van der Waals surface area contributed by atoms with Gasteiger partial charge in [0, 0.05) is 18.1 Å². The fraction of sp³-hybridized carbons (Fsp3) is 0.758. The molecule has 3 fully saturated rings. The number of phenols is 1. The predicted octanol–water partition coefficient (Wildman–Crippen LogP) is 2.81. The van der Waals surface area contributed by atoms with Gasteiger partial charge in [-0.2, -0.15) is 0 Å². The summed E-state index contributed by atoms with van der Waals surface area (Å²) >= 11 is 0. The van der Waals surface area contributed by atoms with Gasteiger partial charge in [0.25, 0.3) is 0 Å². The first-order chi connectivity index (χ1) is 43.3. The number of carbonyl (C=O) groups is 10. The number of carbonyl (C=O) groups excluding carboxylic acids is 9. The highest BCUT2D eigenvalue weighted by Crippen LogP contribution is 2.29. The van der Waals surface area contributed by atoms with Gasteiger partial charge in [-0.25, -0.2) is 4.79 Å². The molecular formula is C66H113N13O12. The molecule has 25 nitrogen and oxygen atoms in total. The van der Waals surface area contributed by atoms with Crippen molar-refractivity contribution < 1.29 is 58.2 Å². The van der Waals surface area contributed by atoms with Crippen LogP contribution in [0, 0.1) is 35.5 Å². The summed E-state index contributed by atoms with van der Waals surface area (Å²) in [5.41, 5.74) is 24.4. The van der Waals surface area contributed by atoms with E-state index in [0.717, 1.165) is 18.4 Å². The van der Waals surface area contributed by atoms with Gasteiger partial charge < -0.3 is 81.0 Å². The minimum absolute atomic E-state index is 0.0387. The Morgan fingerprint density at radius 1 is 0.418 bits per heavy atom. The molecule has 3 aliphatic carbocycles. The van der Waals surface area contributed by atoms with Gasteiger partial charge in [-0.1, -0.05) is 92.2 Å². The average molecular weight is 1280 g/mol. The number of hydrogen-bond donors (Lipinski definition) is 15. The average Bonchev–Trinajstić information content (AvgIpc) is 1.08. The zero-order valence-electron chi connectivity index (χ0n) is 55.1. The first kappa shape index (κ1) is 77.0. The van der Waals surface area contributed by atoms with Gasteiger partial charge >= 0.3 is 5.97 Å². The molecule has 0 bridgehead atoms. The highest BCUT2D eigenvalue weighted by molar-refractivity contribution is 5.95. The fourth-order valence-electron chi connectivity index (χ4n) is 12.7. The predicted molar refractivity (Wildman–Crippen MR) is 348 cm³/mol. The summed E-state index contributed by atoms with van der Waals surface area (Å²) < 4.78 is 0. The van der Waals surface area contributed by atoms with Gasteiger partial charge in [-0.15, -0.1) is 0 Å². The molecule has 0 aliphatic heterocycles. The number of nitrogens with one attached hydrogen (secondary N) is 9. The number of unbranched alkanes of at least 4 members (excludes halogenated alkanes) is 3. The van der Waals surface area contributed by atoms with Crippen molar-refractivity contribution >= 4 is 59.1 Å². The van der Waals surface area contributed by atoms with E-state index in [1.807, 2.05) is 41.5 Å². The van der Waals surface area contributed by atoms with E-state index in [-0.39, 0.29) is 68.4 Å². The molecule has 0 spiro atoms. The Balaban J connectivity index is 1.47. The second-order valence-electron chi connectivity index (χ2n) is 26.9. The van der Waals surface area contributed by atoms with Crippen molar-refractivity contribution in [2.75, 3.05) is 19.6 Å². The minimum atomic E-state index is -1.19. The molecule has 514 valence electrons. The molecule has 0 radical (unpaired) electrons. The second-order valence-corrected chi connectivity index (χ2v) is 26.9. The second kappa shape index (κ2) is 40.5. The molecular weight excluding hydrogens is 1170 g/mol. The SMILES string of the molecule is CC(C)C[C@H](NC(=O)C1CCCCC1NC(=O)[C@H](CCCCN)NC(=O)[C@H](CC(C)C)NC(=O)C1CCCCC1NC(=O)[C@H](CCCCN)NC(=O)[C@H](CC(C)C)NC(=O)C1CCCCC1NC(=O)[C@@H](N)Cc1ccc(O)cc1)C(=O)N[C@@H](CCCCN)C(=O)O. The van der Waals surface area contributed by atoms with Crippen LogP contribution in [0.2, 0.25) is 0 Å². The van der Waals surface area contributed by atoms with Crippen LogP contribution in [-0.2, 0) is 54.4 Å². The van der Waals surface area contributed by atoms with Crippen LogP contribution < -0.4 is 70.8 Å². The van der Waals surface area contributed by atoms with Crippen LogP contribution in [0.4, 0.5) is 0 Å². The lowest BCUT2D eigenvalue weighted by atomic mass is 9.83. The number of carboxylic acid groups (broad SMARTS) is 1. The van der Waals surface area contributed by atoms with Crippen molar-refractivity contribution in [1.82, 2.24) is 47.9 Å². The molecule has 4 rings (SSSR count). The Kier molecular flexibility index (Phi) is 34.3. The summed E-state index contributed by atoms with van der Waals surface area (Å²) in [6.07, 6.45) is 11.7. The first-order valence-corrected chi connectivity index (χ1v) is 34.0. The van der Waals surface area contributed by atoms with Crippen LogP contribution in [0.15, 0.2) is 24.3 Å². The highest BCUT2D eigenvalue weighted by Gasteiger charge is 2.41. The number of phenolic OH excluding ortho intramolecular Hbond substituents is 1. The van der Waals surface area contributed by atoms with Crippen molar-refractivity contribution in [3.05, 3.63) is 29.8 Å². The molecule has 6 unspecified atom stereocenters. The van der Waals surface area contributed by atoms with E-state index < -0.39 is 137 Å². The van der Waals surface area contributed by atoms with Crippen LogP contribution in [0.3, 0.4) is 0 Å². The van der Waals surface area contributed by atoms with Crippen LogP contribution in [0.5, 0.6) is 5.75 Å². The smallest absolute Gasteiger partial charge is 0.326 e. The third kappa shape index (κ3) is 27.0. The van der Waals surface area contributed by atoms with Crippen molar-refractivity contribution in [3.63, 3.8) is 0 Å². The molecule has 3 aliphatic rings. The van der Waals surface area contributed by atoms with Crippen molar-refractivity contribution in [2.45, 2.75) is 262 Å². The van der Waals surface area contributed by atoms with Gasteiger partial charge in [-0.3, -0.25) is 43.2 Å². The number of benzene rings is 1. The Labute approximate surface area is 539 Å².